The van der Waals surface area contributed by atoms with Gasteiger partial charge in [-0.05, 0) is 18.6 Å². The summed E-state index contributed by atoms with van der Waals surface area (Å²) in [6.07, 6.45) is -4.34. The van der Waals surface area contributed by atoms with Gasteiger partial charge in [0, 0.05) is 10.8 Å². The Morgan fingerprint density at radius 2 is 1.62 bits per heavy atom. The molecule has 0 unspecified atom stereocenters. The van der Waals surface area contributed by atoms with E-state index in [1.54, 1.807) is 6.92 Å². The van der Waals surface area contributed by atoms with Crippen LogP contribution in [0.2, 0.25) is 0 Å². The summed E-state index contributed by atoms with van der Waals surface area (Å²) in [5.41, 5.74) is -0.772. The Kier molecular flexibility index (Phi) is 3.73. The number of halogens is 4. The predicted octanol–water partition coefficient (Wildman–Crippen LogP) is 2.91. The molecule has 0 saturated heterocycles. The first-order chi connectivity index (χ1) is 7.38. The minimum atomic E-state index is -4.43. The van der Waals surface area contributed by atoms with Crippen molar-refractivity contribution in [2.75, 3.05) is 0 Å². The first-order valence-electron chi connectivity index (χ1n) is 4.89. The van der Waals surface area contributed by atoms with E-state index in [4.69, 9.17) is 0 Å². The van der Waals surface area contributed by atoms with Crippen molar-refractivity contribution in [2.45, 2.75) is 26.4 Å². The van der Waals surface area contributed by atoms with Gasteiger partial charge in [-0.15, -0.1) is 0 Å². The average molecular weight is 232 g/mol. The molecule has 0 amide bonds. The first-order valence-corrected chi connectivity index (χ1v) is 4.89. The Morgan fingerprint density at radius 3 is 2.06 bits per heavy atom. The molecule has 0 aliphatic heterocycles. The van der Waals surface area contributed by atoms with Gasteiger partial charge < -0.3 is 0 Å². The van der Waals surface area contributed by atoms with Crippen LogP contribution in [-0.2, 0) is 0 Å². The van der Waals surface area contributed by atoms with Crippen molar-refractivity contribution >= 4 is 11.4 Å². The number of rotatable bonds is 1. The monoisotopic (exact) mass is 232 g/mol. The van der Waals surface area contributed by atoms with Gasteiger partial charge in [0.15, 0.2) is 0 Å². The quantitative estimate of drug-likeness (QED) is 0.653. The second-order valence-electron chi connectivity index (χ2n) is 3.43. The summed E-state index contributed by atoms with van der Waals surface area (Å²) in [6, 6.07) is 5.64. The second-order valence-corrected chi connectivity index (χ2v) is 3.43. The molecule has 0 aromatic heterocycles. The molecule has 0 aliphatic carbocycles. The van der Waals surface area contributed by atoms with Gasteiger partial charge >= 0.3 is 6.18 Å². The van der Waals surface area contributed by atoms with Crippen molar-refractivity contribution in [1.82, 2.24) is 0 Å². The number of benzene rings is 1. The summed E-state index contributed by atoms with van der Waals surface area (Å²) in [5.74, 6) is -0.529. The average Bonchev–Trinajstić information content (AvgIpc) is 2.25. The van der Waals surface area contributed by atoms with Gasteiger partial charge in [-0.2, -0.15) is 13.2 Å². The van der Waals surface area contributed by atoms with Crippen molar-refractivity contribution in [3.8, 4) is 0 Å². The highest BCUT2D eigenvalue weighted by molar-refractivity contribution is 5.50. The Balaban J connectivity index is 3.72. The van der Waals surface area contributed by atoms with Crippen molar-refractivity contribution in [1.29, 1.82) is 0 Å². The molecule has 0 N–H and O–H groups in total. The van der Waals surface area contributed by atoms with E-state index in [-0.39, 0.29) is 16.9 Å². The van der Waals surface area contributed by atoms with Crippen LogP contribution in [0.5, 0.6) is 0 Å². The normalized spacial score (nSPS) is 15.9. The lowest BCUT2D eigenvalue weighted by Crippen LogP contribution is -2.31. The molecule has 0 fully saturated rings. The molecule has 16 heavy (non-hydrogen) atoms. The van der Waals surface area contributed by atoms with E-state index >= 15 is 0 Å². The third-order valence-electron chi connectivity index (χ3n) is 2.36. The highest BCUT2D eigenvalue weighted by Gasteiger charge is 2.30. The molecule has 4 heteroatoms. The van der Waals surface area contributed by atoms with E-state index < -0.39 is 17.6 Å². The van der Waals surface area contributed by atoms with Gasteiger partial charge in [0.1, 0.15) is 5.83 Å². The zero-order valence-electron chi connectivity index (χ0n) is 9.03. The summed E-state index contributed by atoms with van der Waals surface area (Å²) in [4.78, 5) is 0. The zero-order chi connectivity index (χ0) is 12.3. The van der Waals surface area contributed by atoms with Gasteiger partial charge in [-0.3, -0.25) is 0 Å². The van der Waals surface area contributed by atoms with Crippen LogP contribution in [0.3, 0.4) is 0 Å². The first kappa shape index (κ1) is 12.7. The Bertz CT molecular complexity index is 482. The SMILES string of the molecule is CC/C(F)=c1/cccc/c1=C(/C)C(F)(F)F. The smallest absolute Gasteiger partial charge is 0.211 e. The van der Waals surface area contributed by atoms with Crippen molar-refractivity contribution in [3.05, 3.63) is 34.7 Å². The second kappa shape index (κ2) is 4.68. The standard InChI is InChI=1S/C12H12F4/c1-3-11(13)10-7-5-4-6-9(10)8(2)12(14,15)16/h4-7H,3H2,1-2H3/b9-8+,11-10+. The number of hydrogen-bond acceptors (Lipinski definition) is 0. The van der Waals surface area contributed by atoms with Crippen LogP contribution in [0.4, 0.5) is 17.6 Å². The molecular formula is C12H12F4. The lowest BCUT2D eigenvalue weighted by atomic mass is 10.1. The van der Waals surface area contributed by atoms with Crippen LogP contribution in [0.1, 0.15) is 20.3 Å². The van der Waals surface area contributed by atoms with Crippen LogP contribution in [0.25, 0.3) is 11.4 Å². The molecule has 0 bridgehead atoms. The van der Waals surface area contributed by atoms with Gasteiger partial charge in [-0.25, -0.2) is 4.39 Å². The lowest BCUT2D eigenvalue weighted by molar-refractivity contribution is -0.0710. The van der Waals surface area contributed by atoms with E-state index in [9.17, 15) is 17.6 Å². The van der Waals surface area contributed by atoms with Crippen LogP contribution in [0.15, 0.2) is 24.3 Å². The van der Waals surface area contributed by atoms with Crippen LogP contribution in [-0.4, -0.2) is 6.18 Å². The molecular weight excluding hydrogens is 220 g/mol. The Labute approximate surface area is 90.9 Å². The Morgan fingerprint density at radius 1 is 1.12 bits per heavy atom. The van der Waals surface area contributed by atoms with Gasteiger partial charge in [0.25, 0.3) is 0 Å². The van der Waals surface area contributed by atoms with Gasteiger partial charge in [0.05, 0.1) is 0 Å². The number of alkyl halides is 3. The fourth-order valence-corrected chi connectivity index (χ4v) is 1.39. The molecule has 1 aromatic rings. The van der Waals surface area contributed by atoms with E-state index in [1.807, 2.05) is 0 Å². The summed E-state index contributed by atoms with van der Waals surface area (Å²) < 4.78 is 50.9. The maximum Gasteiger partial charge on any atom is 0.413 e. The molecule has 1 rings (SSSR count). The lowest BCUT2D eigenvalue weighted by Gasteiger charge is -2.06. The molecule has 0 spiro atoms. The minimum Gasteiger partial charge on any atom is -0.211 e. The topological polar surface area (TPSA) is 0 Å². The zero-order valence-corrected chi connectivity index (χ0v) is 9.03. The van der Waals surface area contributed by atoms with E-state index in [0.717, 1.165) is 6.92 Å². The molecule has 0 atom stereocenters. The number of hydrogen-bond donors (Lipinski definition) is 0. The largest absolute Gasteiger partial charge is 0.413 e. The molecule has 88 valence electrons. The highest BCUT2D eigenvalue weighted by Crippen LogP contribution is 2.24. The maximum atomic E-state index is 13.4. The third kappa shape index (κ3) is 2.62. The molecule has 0 saturated carbocycles. The fourth-order valence-electron chi connectivity index (χ4n) is 1.39. The molecule has 0 radical (unpaired) electrons. The van der Waals surface area contributed by atoms with Crippen LogP contribution in [0, 0.1) is 0 Å². The highest BCUT2D eigenvalue weighted by atomic mass is 19.4. The van der Waals surface area contributed by atoms with Crippen molar-refractivity contribution < 1.29 is 17.6 Å². The fraction of sp³-hybridized carbons (Fsp3) is 0.333. The van der Waals surface area contributed by atoms with Crippen molar-refractivity contribution in [2.24, 2.45) is 0 Å². The van der Waals surface area contributed by atoms with E-state index in [1.165, 1.54) is 24.3 Å². The van der Waals surface area contributed by atoms with Gasteiger partial charge in [0.2, 0.25) is 0 Å². The summed E-state index contributed by atoms with van der Waals surface area (Å²) in [6.45, 7) is 2.52. The molecule has 0 aliphatic rings. The third-order valence-corrected chi connectivity index (χ3v) is 2.36. The van der Waals surface area contributed by atoms with Crippen molar-refractivity contribution in [3.63, 3.8) is 0 Å². The molecule has 1 aromatic carbocycles. The summed E-state index contributed by atoms with van der Waals surface area (Å²) in [7, 11) is 0. The van der Waals surface area contributed by atoms with E-state index in [2.05, 4.69) is 0 Å². The van der Waals surface area contributed by atoms with Gasteiger partial charge in [-0.1, -0.05) is 31.2 Å². The maximum absolute atomic E-state index is 13.4. The summed E-state index contributed by atoms with van der Waals surface area (Å²) in [5, 5.41) is -0.0609. The van der Waals surface area contributed by atoms with E-state index in [0.29, 0.717) is 0 Å². The minimum absolute atomic E-state index is 0.0276. The molecule has 0 heterocycles. The van der Waals surface area contributed by atoms with Crippen LogP contribution >= 0.6 is 0 Å². The summed E-state index contributed by atoms with van der Waals surface area (Å²) >= 11 is 0. The Hall–Kier alpha value is -1.32. The molecule has 0 nitrogen and oxygen atoms in total. The van der Waals surface area contributed by atoms with Crippen LogP contribution < -0.4 is 10.4 Å². The predicted molar refractivity (Wildman–Crippen MR) is 55.6 cm³/mol.